The molecule has 1 atom stereocenters. The van der Waals surface area contributed by atoms with E-state index in [2.05, 4.69) is 9.97 Å². The first kappa shape index (κ1) is 15.1. The number of amides is 2. The molecule has 0 aliphatic carbocycles. The number of pyridine rings is 2. The number of likely N-dealkylation sites (tertiary alicyclic amines) is 1. The molecule has 1 unspecified atom stereocenters. The molecule has 0 radical (unpaired) electrons. The Balaban J connectivity index is 1.77. The zero-order valence-electron chi connectivity index (χ0n) is 12.7. The van der Waals surface area contributed by atoms with Gasteiger partial charge in [-0.2, -0.15) is 0 Å². The van der Waals surface area contributed by atoms with Crippen LogP contribution in [0.4, 0.5) is 0 Å². The summed E-state index contributed by atoms with van der Waals surface area (Å²) in [6.07, 6.45) is 5.08. The Bertz CT molecular complexity index is 718. The molecule has 1 aliphatic rings. The molecule has 2 aromatic rings. The Morgan fingerprint density at radius 2 is 1.96 bits per heavy atom. The summed E-state index contributed by atoms with van der Waals surface area (Å²) in [5.41, 5.74) is 7.01. The molecule has 118 valence electrons. The van der Waals surface area contributed by atoms with Crippen molar-refractivity contribution < 1.29 is 9.59 Å². The van der Waals surface area contributed by atoms with Crippen molar-refractivity contribution in [2.24, 2.45) is 5.73 Å². The first-order chi connectivity index (χ1) is 11.1. The van der Waals surface area contributed by atoms with Gasteiger partial charge >= 0.3 is 0 Å². The molecular formula is C17H18N4O2. The van der Waals surface area contributed by atoms with E-state index in [0.717, 1.165) is 25.1 Å². The summed E-state index contributed by atoms with van der Waals surface area (Å²) in [4.78, 5) is 34.0. The van der Waals surface area contributed by atoms with E-state index in [4.69, 9.17) is 5.73 Å². The van der Waals surface area contributed by atoms with Gasteiger partial charge in [0.15, 0.2) is 0 Å². The van der Waals surface area contributed by atoms with Gasteiger partial charge in [0.25, 0.3) is 11.8 Å². The van der Waals surface area contributed by atoms with E-state index >= 15 is 0 Å². The Morgan fingerprint density at radius 1 is 1.17 bits per heavy atom. The van der Waals surface area contributed by atoms with Gasteiger partial charge in [0.2, 0.25) is 0 Å². The van der Waals surface area contributed by atoms with Gasteiger partial charge in [0.1, 0.15) is 5.69 Å². The molecule has 1 fully saturated rings. The number of hydrogen-bond acceptors (Lipinski definition) is 4. The van der Waals surface area contributed by atoms with Crippen LogP contribution in [0.5, 0.6) is 0 Å². The number of carbonyl (C=O) groups is 2. The lowest BCUT2D eigenvalue weighted by Crippen LogP contribution is -2.39. The fraction of sp³-hybridized carbons (Fsp3) is 0.294. The zero-order valence-corrected chi connectivity index (χ0v) is 12.7. The first-order valence-electron chi connectivity index (χ1n) is 7.61. The third kappa shape index (κ3) is 3.36. The van der Waals surface area contributed by atoms with Crippen molar-refractivity contribution in [1.82, 2.24) is 14.9 Å². The zero-order chi connectivity index (χ0) is 16.2. The highest BCUT2D eigenvalue weighted by molar-refractivity contribution is 5.94. The quantitative estimate of drug-likeness (QED) is 0.932. The molecule has 0 saturated carbocycles. The van der Waals surface area contributed by atoms with Crippen molar-refractivity contribution in [3.8, 4) is 0 Å². The monoisotopic (exact) mass is 310 g/mol. The molecule has 2 N–H and O–H groups in total. The lowest BCUT2D eigenvalue weighted by molar-refractivity contribution is 0.0705. The summed E-state index contributed by atoms with van der Waals surface area (Å²) in [7, 11) is 0. The average Bonchev–Trinajstić information content (AvgIpc) is 2.62. The summed E-state index contributed by atoms with van der Waals surface area (Å²) in [6.45, 7) is 1.32. The molecule has 0 bridgehead atoms. The van der Waals surface area contributed by atoms with Crippen LogP contribution in [0.3, 0.4) is 0 Å². The molecule has 6 nitrogen and oxygen atoms in total. The molecule has 23 heavy (non-hydrogen) atoms. The van der Waals surface area contributed by atoms with Crippen molar-refractivity contribution in [3.05, 3.63) is 59.7 Å². The minimum atomic E-state index is -0.535. The SMILES string of the molecule is NC(=O)c1cccc(C2CCCN(C(=O)c3ccncc3)C2)n1. The predicted molar refractivity (Wildman–Crippen MR) is 84.9 cm³/mol. The van der Waals surface area contributed by atoms with Gasteiger partial charge < -0.3 is 10.6 Å². The summed E-state index contributed by atoms with van der Waals surface area (Å²) in [5.74, 6) is -0.413. The van der Waals surface area contributed by atoms with E-state index in [-0.39, 0.29) is 17.5 Å². The highest BCUT2D eigenvalue weighted by Gasteiger charge is 2.26. The molecule has 2 amide bonds. The van der Waals surface area contributed by atoms with E-state index < -0.39 is 5.91 Å². The maximum absolute atomic E-state index is 12.6. The van der Waals surface area contributed by atoms with Crippen LogP contribution in [0.25, 0.3) is 0 Å². The Labute approximate surface area is 134 Å². The molecule has 1 saturated heterocycles. The van der Waals surface area contributed by atoms with Gasteiger partial charge in [-0.1, -0.05) is 6.07 Å². The number of aromatic nitrogens is 2. The van der Waals surface area contributed by atoms with Crippen molar-refractivity contribution in [1.29, 1.82) is 0 Å². The first-order valence-corrected chi connectivity index (χ1v) is 7.61. The number of primary amides is 1. The van der Waals surface area contributed by atoms with E-state index in [1.54, 1.807) is 36.7 Å². The van der Waals surface area contributed by atoms with Gasteiger partial charge in [-0.15, -0.1) is 0 Å². The summed E-state index contributed by atoms with van der Waals surface area (Å²) < 4.78 is 0. The van der Waals surface area contributed by atoms with Crippen LogP contribution in [-0.2, 0) is 0 Å². The van der Waals surface area contributed by atoms with Crippen LogP contribution in [-0.4, -0.2) is 39.8 Å². The Morgan fingerprint density at radius 3 is 2.70 bits per heavy atom. The smallest absolute Gasteiger partial charge is 0.267 e. The van der Waals surface area contributed by atoms with Gasteiger partial charge in [0.05, 0.1) is 0 Å². The van der Waals surface area contributed by atoms with Crippen molar-refractivity contribution in [2.45, 2.75) is 18.8 Å². The number of hydrogen-bond donors (Lipinski definition) is 1. The molecule has 3 rings (SSSR count). The lowest BCUT2D eigenvalue weighted by Gasteiger charge is -2.32. The topological polar surface area (TPSA) is 89.2 Å². The second-order valence-electron chi connectivity index (χ2n) is 5.64. The fourth-order valence-corrected chi connectivity index (χ4v) is 2.90. The van der Waals surface area contributed by atoms with Gasteiger partial charge in [0, 0.05) is 42.7 Å². The van der Waals surface area contributed by atoms with E-state index in [1.165, 1.54) is 0 Å². The van der Waals surface area contributed by atoms with Crippen LogP contribution < -0.4 is 5.73 Å². The van der Waals surface area contributed by atoms with Crippen LogP contribution >= 0.6 is 0 Å². The van der Waals surface area contributed by atoms with E-state index in [0.29, 0.717) is 12.1 Å². The summed E-state index contributed by atoms with van der Waals surface area (Å²) >= 11 is 0. The van der Waals surface area contributed by atoms with Crippen LogP contribution in [0.2, 0.25) is 0 Å². The maximum Gasteiger partial charge on any atom is 0.267 e. The summed E-state index contributed by atoms with van der Waals surface area (Å²) in [5, 5.41) is 0. The number of nitrogens with zero attached hydrogens (tertiary/aromatic N) is 3. The second-order valence-corrected chi connectivity index (χ2v) is 5.64. The minimum absolute atomic E-state index is 0.00292. The van der Waals surface area contributed by atoms with Crippen LogP contribution in [0.15, 0.2) is 42.7 Å². The molecule has 0 aromatic carbocycles. The third-order valence-electron chi connectivity index (χ3n) is 4.08. The highest BCUT2D eigenvalue weighted by Crippen LogP contribution is 2.26. The third-order valence-corrected chi connectivity index (χ3v) is 4.08. The normalized spacial score (nSPS) is 17.7. The van der Waals surface area contributed by atoms with Gasteiger partial charge in [-0.3, -0.25) is 14.6 Å². The standard InChI is InChI=1S/C17H18N4O2/c18-16(22)15-5-1-4-14(20-15)13-3-2-10-21(11-13)17(23)12-6-8-19-9-7-12/h1,4-9,13H,2-3,10-11H2,(H2,18,22). The van der Waals surface area contributed by atoms with Crippen molar-refractivity contribution in [3.63, 3.8) is 0 Å². The average molecular weight is 310 g/mol. The number of rotatable bonds is 3. The molecular weight excluding hydrogens is 292 g/mol. The number of piperidine rings is 1. The van der Waals surface area contributed by atoms with E-state index in [1.807, 2.05) is 11.0 Å². The Kier molecular flexibility index (Phi) is 4.32. The largest absolute Gasteiger partial charge is 0.364 e. The second kappa shape index (κ2) is 6.56. The molecule has 1 aliphatic heterocycles. The van der Waals surface area contributed by atoms with E-state index in [9.17, 15) is 9.59 Å². The van der Waals surface area contributed by atoms with Crippen molar-refractivity contribution >= 4 is 11.8 Å². The highest BCUT2D eigenvalue weighted by atomic mass is 16.2. The Hall–Kier alpha value is -2.76. The fourth-order valence-electron chi connectivity index (χ4n) is 2.90. The molecule has 0 spiro atoms. The van der Waals surface area contributed by atoms with Crippen LogP contribution in [0, 0.1) is 0 Å². The molecule has 6 heteroatoms. The van der Waals surface area contributed by atoms with Crippen molar-refractivity contribution in [2.75, 3.05) is 13.1 Å². The predicted octanol–water partition coefficient (Wildman–Crippen LogP) is 1.60. The van der Waals surface area contributed by atoms with Gasteiger partial charge in [-0.05, 0) is 37.1 Å². The molecule has 3 heterocycles. The summed E-state index contributed by atoms with van der Waals surface area (Å²) in [6, 6.07) is 8.72. The van der Waals surface area contributed by atoms with Crippen LogP contribution in [0.1, 0.15) is 45.3 Å². The molecule has 2 aromatic heterocycles. The lowest BCUT2D eigenvalue weighted by atomic mass is 9.93. The number of nitrogens with two attached hydrogens (primary N) is 1. The maximum atomic E-state index is 12.6. The number of carbonyl (C=O) groups excluding carboxylic acids is 2. The minimum Gasteiger partial charge on any atom is -0.364 e. The van der Waals surface area contributed by atoms with Gasteiger partial charge in [-0.25, -0.2) is 4.98 Å².